The zero-order valence-corrected chi connectivity index (χ0v) is 26.9. The van der Waals surface area contributed by atoms with Crippen molar-refractivity contribution in [2.24, 2.45) is 0 Å². The van der Waals surface area contributed by atoms with Crippen LogP contribution in [0.25, 0.3) is 74.4 Å². The first-order chi connectivity index (χ1) is 23.8. The molecule has 0 fully saturated rings. The van der Waals surface area contributed by atoms with Crippen molar-refractivity contribution in [2.75, 3.05) is 4.90 Å². The van der Waals surface area contributed by atoms with Crippen molar-refractivity contribution in [3.05, 3.63) is 176 Å². The van der Waals surface area contributed by atoms with Gasteiger partial charge in [-0.2, -0.15) is 0 Å². The molecule has 10 aromatic rings. The second kappa shape index (κ2) is 10.8. The van der Waals surface area contributed by atoms with E-state index < -0.39 is 0 Å². The van der Waals surface area contributed by atoms with Gasteiger partial charge >= 0.3 is 0 Å². The average Bonchev–Trinajstić information content (AvgIpc) is 3.54. The topological polar surface area (TPSA) is 3.24 Å². The molecule has 0 N–H and O–H groups in total. The van der Waals surface area contributed by atoms with Crippen LogP contribution in [-0.4, -0.2) is 0 Å². The third kappa shape index (κ3) is 4.31. The van der Waals surface area contributed by atoms with Crippen molar-refractivity contribution < 1.29 is 0 Å². The fourth-order valence-electron chi connectivity index (χ4n) is 7.51. The lowest BCUT2D eigenvalue weighted by Crippen LogP contribution is -2.09. The maximum atomic E-state index is 2.37. The zero-order chi connectivity index (χ0) is 31.6. The summed E-state index contributed by atoms with van der Waals surface area (Å²) in [4.78, 5) is 2.37. The molecular weight excluding hydrogens is 599 g/mol. The van der Waals surface area contributed by atoms with E-state index in [0.29, 0.717) is 0 Å². The molecule has 0 saturated carbocycles. The molecule has 1 aromatic heterocycles. The summed E-state index contributed by atoms with van der Waals surface area (Å²) in [5, 5.41) is 13.0. The molecule has 10 rings (SSSR count). The summed E-state index contributed by atoms with van der Waals surface area (Å²) in [6.07, 6.45) is 0. The summed E-state index contributed by atoms with van der Waals surface area (Å²) in [6.45, 7) is 0. The molecule has 0 amide bonds. The van der Waals surface area contributed by atoms with Crippen LogP contribution in [0.4, 0.5) is 17.1 Å². The van der Waals surface area contributed by atoms with Gasteiger partial charge in [0.25, 0.3) is 0 Å². The van der Waals surface area contributed by atoms with E-state index in [4.69, 9.17) is 0 Å². The summed E-state index contributed by atoms with van der Waals surface area (Å²) >= 11 is 1.87. The van der Waals surface area contributed by atoms with Crippen molar-refractivity contribution in [1.82, 2.24) is 0 Å². The van der Waals surface area contributed by atoms with E-state index >= 15 is 0 Å². The Bertz CT molecular complexity index is 2820. The third-order valence-corrected chi connectivity index (χ3v) is 10.9. The highest BCUT2D eigenvalue weighted by molar-refractivity contribution is 7.26. The number of para-hydroxylation sites is 1. The number of hydrogen-bond donors (Lipinski definition) is 0. The number of hydrogen-bond acceptors (Lipinski definition) is 2. The van der Waals surface area contributed by atoms with Gasteiger partial charge in [0.05, 0.1) is 0 Å². The van der Waals surface area contributed by atoms with E-state index in [1.807, 2.05) is 11.3 Å². The first-order valence-electron chi connectivity index (χ1n) is 16.4. The third-order valence-electron chi connectivity index (χ3n) is 9.80. The second-order valence-electron chi connectivity index (χ2n) is 12.5. The van der Waals surface area contributed by atoms with Crippen LogP contribution in [0, 0.1) is 0 Å². The highest BCUT2D eigenvalue weighted by Crippen LogP contribution is 2.43. The van der Waals surface area contributed by atoms with Gasteiger partial charge in [0.15, 0.2) is 0 Å². The van der Waals surface area contributed by atoms with Crippen molar-refractivity contribution in [1.29, 1.82) is 0 Å². The fourth-order valence-corrected chi connectivity index (χ4v) is 8.66. The standard InChI is InChI=1S/C46H29NS/c1-2-10-36(11-3-1)47(38-25-26-41-44(29-38)48-43-27-22-32-9-5-7-13-40(32)46(41)43)37-23-20-30(21-24-37)35-19-16-33-15-18-34-17-14-31-8-4-6-12-39(31)45(34)42(33)28-35/h1-29H. The Balaban J connectivity index is 1.09. The summed E-state index contributed by atoms with van der Waals surface area (Å²) < 4.78 is 2.62. The lowest BCUT2D eigenvalue weighted by Gasteiger charge is -2.25. The van der Waals surface area contributed by atoms with Gasteiger partial charge in [0.2, 0.25) is 0 Å². The summed E-state index contributed by atoms with van der Waals surface area (Å²) in [5.41, 5.74) is 5.85. The SMILES string of the molecule is c1ccc(N(c2ccc(-c3ccc4ccc5ccc6ccccc6c5c4c3)cc2)c2ccc3c(c2)sc2ccc4ccccc4c23)cc1. The lowest BCUT2D eigenvalue weighted by molar-refractivity contribution is 1.29. The van der Waals surface area contributed by atoms with Gasteiger partial charge < -0.3 is 4.90 Å². The quantitative estimate of drug-likeness (QED) is 0.176. The molecule has 0 bridgehead atoms. The average molecular weight is 628 g/mol. The maximum absolute atomic E-state index is 2.37. The Morgan fingerprint density at radius 3 is 1.65 bits per heavy atom. The Hall–Kier alpha value is -5.96. The Kier molecular flexibility index (Phi) is 6.12. The molecule has 0 aliphatic carbocycles. The maximum Gasteiger partial charge on any atom is 0.0476 e. The molecule has 48 heavy (non-hydrogen) atoms. The molecule has 224 valence electrons. The summed E-state index contributed by atoms with van der Waals surface area (Å²) in [7, 11) is 0. The van der Waals surface area contributed by atoms with Gasteiger partial charge in [-0.05, 0) is 103 Å². The molecular formula is C46H29NS. The monoisotopic (exact) mass is 627 g/mol. The molecule has 1 heterocycles. The number of fused-ring (bicyclic) bond motifs is 10. The van der Waals surface area contributed by atoms with Crippen molar-refractivity contribution in [2.45, 2.75) is 0 Å². The van der Waals surface area contributed by atoms with Gasteiger partial charge in [-0.1, -0.05) is 127 Å². The van der Waals surface area contributed by atoms with Crippen LogP contribution < -0.4 is 4.90 Å². The van der Waals surface area contributed by atoms with Gasteiger partial charge in [-0.15, -0.1) is 11.3 Å². The van der Waals surface area contributed by atoms with Crippen LogP contribution in [0.5, 0.6) is 0 Å². The Morgan fingerprint density at radius 2 is 0.875 bits per heavy atom. The summed E-state index contributed by atoms with van der Waals surface area (Å²) in [5.74, 6) is 0. The van der Waals surface area contributed by atoms with Crippen LogP contribution >= 0.6 is 11.3 Å². The number of rotatable bonds is 4. The zero-order valence-electron chi connectivity index (χ0n) is 26.1. The molecule has 2 heteroatoms. The second-order valence-corrected chi connectivity index (χ2v) is 13.6. The van der Waals surface area contributed by atoms with Gasteiger partial charge in [0, 0.05) is 37.2 Å². The van der Waals surface area contributed by atoms with E-state index in [1.54, 1.807) is 0 Å². The van der Waals surface area contributed by atoms with E-state index in [0.717, 1.165) is 17.1 Å². The minimum absolute atomic E-state index is 1.13. The highest BCUT2D eigenvalue weighted by Gasteiger charge is 2.16. The Morgan fingerprint density at radius 1 is 0.312 bits per heavy atom. The number of nitrogens with zero attached hydrogens (tertiary/aromatic N) is 1. The molecule has 1 nitrogen and oxygen atoms in total. The number of anilines is 3. The smallest absolute Gasteiger partial charge is 0.0476 e. The molecule has 9 aromatic carbocycles. The van der Waals surface area contributed by atoms with Crippen molar-refractivity contribution in [3.8, 4) is 11.1 Å². The van der Waals surface area contributed by atoms with Crippen LogP contribution in [0.2, 0.25) is 0 Å². The fraction of sp³-hybridized carbons (Fsp3) is 0. The van der Waals surface area contributed by atoms with Crippen LogP contribution in [0.1, 0.15) is 0 Å². The van der Waals surface area contributed by atoms with E-state index in [2.05, 4.69) is 181 Å². The van der Waals surface area contributed by atoms with E-state index in [-0.39, 0.29) is 0 Å². The minimum Gasteiger partial charge on any atom is -0.310 e. The largest absolute Gasteiger partial charge is 0.310 e. The van der Waals surface area contributed by atoms with Crippen molar-refractivity contribution in [3.63, 3.8) is 0 Å². The van der Waals surface area contributed by atoms with E-state index in [9.17, 15) is 0 Å². The predicted octanol–water partition coefficient (Wildman–Crippen LogP) is 13.8. The molecule has 0 radical (unpaired) electrons. The molecule has 0 aliphatic heterocycles. The van der Waals surface area contributed by atoms with Gasteiger partial charge in [0.1, 0.15) is 0 Å². The van der Waals surface area contributed by atoms with Crippen LogP contribution in [0.15, 0.2) is 176 Å². The Labute approximate surface area is 282 Å². The van der Waals surface area contributed by atoms with Gasteiger partial charge in [-0.3, -0.25) is 0 Å². The van der Waals surface area contributed by atoms with Crippen LogP contribution in [-0.2, 0) is 0 Å². The summed E-state index contributed by atoms with van der Waals surface area (Å²) in [6, 6.07) is 64.4. The minimum atomic E-state index is 1.13. The highest BCUT2D eigenvalue weighted by atomic mass is 32.1. The molecule has 0 aliphatic rings. The number of thiophene rings is 1. The van der Waals surface area contributed by atoms with Crippen molar-refractivity contribution >= 4 is 91.7 Å². The lowest BCUT2D eigenvalue weighted by atomic mass is 9.94. The molecule has 0 spiro atoms. The van der Waals surface area contributed by atoms with Crippen LogP contribution in [0.3, 0.4) is 0 Å². The normalized spacial score (nSPS) is 11.8. The number of benzene rings is 9. The van der Waals surface area contributed by atoms with Gasteiger partial charge in [-0.25, -0.2) is 0 Å². The molecule has 0 saturated heterocycles. The molecule has 0 atom stereocenters. The first-order valence-corrected chi connectivity index (χ1v) is 17.2. The predicted molar refractivity (Wildman–Crippen MR) is 209 cm³/mol. The first kappa shape index (κ1) is 27.2. The molecule has 0 unspecified atom stereocenters. The van der Waals surface area contributed by atoms with E-state index in [1.165, 1.54) is 74.4 Å².